The third-order valence-corrected chi connectivity index (χ3v) is 20.2. The summed E-state index contributed by atoms with van der Waals surface area (Å²) in [7, 11) is -9.91. The molecule has 0 amide bonds. The van der Waals surface area contributed by atoms with Gasteiger partial charge in [0.1, 0.15) is 19.3 Å². The molecule has 0 aromatic heterocycles. The molecule has 17 nitrogen and oxygen atoms in total. The Balaban J connectivity index is 5.17. The number of hydrogen-bond donors (Lipinski definition) is 3. The van der Waals surface area contributed by atoms with Crippen LogP contribution in [0.5, 0.6) is 0 Å². The summed E-state index contributed by atoms with van der Waals surface area (Å²) in [6, 6.07) is 0. The molecule has 0 aromatic carbocycles. The Labute approximate surface area is 588 Å². The van der Waals surface area contributed by atoms with Crippen molar-refractivity contribution in [2.45, 2.75) is 419 Å². The Bertz CT molecular complexity index is 1860. The summed E-state index contributed by atoms with van der Waals surface area (Å²) in [5, 5.41) is 10.6. The van der Waals surface area contributed by atoms with Gasteiger partial charge in [-0.1, -0.05) is 350 Å². The van der Waals surface area contributed by atoms with Crippen molar-refractivity contribution < 1.29 is 80.2 Å². The van der Waals surface area contributed by atoms with Gasteiger partial charge in [-0.05, 0) is 37.5 Å². The molecule has 0 radical (unpaired) electrons. The van der Waals surface area contributed by atoms with Gasteiger partial charge in [0, 0.05) is 25.7 Å². The maximum absolute atomic E-state index is 13.1. The van der Waals surface area contributed by atoms with E-state index in [0.717, 1.165) is 108 Å². The SMILES string of the molecule is CCCCCCCCCCCCCCCC(=O)O[C@H](COC(=O)CCCCCCCCCC)COP(=O)(O)OC[C@H](O)COP(=O)(O)OC[C@@H](COC(=O)CCCCCCCCCCCCC(C)C)OC(=O)CCCCCCCCCCCCCCCCCCCCC(C)CC. The fourth-order valence-electron chi connectivity index (χ4n) is 11.8. The van der Waals surface area contributed by atoms with Gasteiger partial charge in [-0.25, -0.2) is 9.13 Å². The highest BCUT2D eigenvalue weighted by atomic mass is 31.2. The third-order valence-electron chi connectivity index (χ3n) is 18.3. The second-order valence-electron chi connectivity index (χ2n) is 28.5. The molecule has 3 unspecified atom stereocenters. The molecule has 0 saturated heterocycles. The van der Waals surface area contributed by atoms with Crippen LogP contribution in [-0.2, 0) is 65.4 Å². The van der Waals surface area contributed by atoms with E-state index in [-0.39, 0.29) is 25.7 Å². The summed E-state index contributed by atoms with van der Waals surface area (Å²) in [6.07, 6.45) is 56.9. The van der Waals surface area contributed by atoms with E-state index in [1.807, 2.05) is 0 Å². The fraction of sp³-hybridized carbons (Fsp3) is 0.948. The van der Waals surface area contributed by atoms with Crippen molar-refractivity contribution in [3.8, 4) is 0 Å². The van der Waals surface area contributed by atoms with E-state index in [4.69, 9.17) is 37.0 Å². The topological polar surface area (TPSA) is 237 Å². The van der Waals surface area contributed by atoms with Crippen LogP contribution < -0.4 is 0 Å². The first-order valence-electron chi connectivity index (χ1n) is 40.0. The van der Waals surface area contributed by atoms with E-state index in [2.05, 4.69) is 41.5 Å². The highest BCUT2D eigenvalue weighted by Gasteiger charge is 2.30. The van der Waals surface area contributed by atoms with Gasteiger partial charge in [0.25, 0.3) is 0 Å². The predicted molar refractivity (Wildman–Crippen MR) is 391 cm³/mol. The van der Waals surface area contributed by atoms with Crippen LogP contribution in [-0.4, -0.2) is 96.7 Å². The molecular weight excluding hydrogens is 1260 g/mol. The van der Waals surface area contributed by atoms with Crippen LogP contribution in [0.4, 0.5) is 0 Å². The molecule has 0 bridgehead atoms. The summed E-state index contributed by atoms with van der Waals surface area (Å²) in [4.78, 5) is 72.7. The van der Waals surface area contributed by atoms with Crippen LogP contribution in [0.1, 0.15) is 401 Å². The van der Waals surface area contributed by atoms with Gasteiger partial charge in [0.15, 0.2) is 12.2 Å². The van der Waals surface area contributed by atoms with Crippen molar-refractivity contribution in [1.29, 1.82) is 0 Å². The Morgan fingerprint density at radius 2 is 0.531 bits per heavy atom. The van der Waals surface area contributed by atoms with Crippen molar-refractivity contribution in [3.63, 3.8) is 0 Å². The third kappa shape index (κ3) is 69.2. The van der Waals surface area contributed by atoms with Crippen molar-refractivity contribution in [1.82, 2.24) is 0 Å². The molecule has 96 heavy (non-hydrogen) atoms. The van der Waals surface area contributed by atoms with Gasteiger partial charge in [-0.2, -0.15) is 0 Å². The van der Waals surface area contributed by atoms with Crippen LogP contribution in [0.25, 0.3) is 0 Å². The quantitative estimate of drug-likeness (QED) is 0.0222. The molecule has 0 aliphatic heterocycles. The number of phosphoric acid groups is 2. The van der Waals surface area contributed by atoms with E-state index in [1.165, 1.54) is 212 Å². The molecular formula is C77H150O17P2. The smallest absolute Gasteiger partial charge is 0.462 e. The highest BCUT2D eigenvalue weighted by molar-refractivity contribution is 7.47. The van der Waals surface area contributed by atoms with Crippen molar-refractivity contribution in [2.75, 3.05) is 39.6 Å². The van der Waals surface area contributed by atoms with Gasteiger partial charge < -0.3 is 33.8 Å². The number of aliphatic hydroxyl groups excluding tert-OH is 1. The second kappa shape index (κ2) is 68.8. The maximum atomic E-state index is 13.1. The van der Waals surface area contributed by atoms with Gasteiger partial charge in [0.2, 0.25) is 0 Å². The molecule has 570 valence electrons. The van der Waals surface area contributed by atoms with E-state index in [1.54, 1.807) is 0 Å². The van der Waals surface area contributed by atoms with Gasteiger partial charge in [-0.3, -0.25) is 37.3 Å². The van der Waals surface area contributed by atoms with Crippen LogP contribution in [0, 0.1) is 11.8 Å². The lowest BCUT2D eigenvalue weighted by Crippen LogP contribution is -2.30. The molecule has 0 saturated carbocycles. The normalized spacial score (nSPS) is 14.3. The number of aliphatic hydroxyl groups is 1. The molecule has 19 heteroatoms. The zero-order valence-electron chi connectivity index (χ0n) is 62.7. The fourth-order valence-corrected chi connectivity index (χ4v) is 13.4. The second-order valence-corrected chi connectivity index (χ2v) is 31.4. The number of hydrogen-bond acceptors (Lipinski definition) is 15. The van der Waals surface area contributed by atoms with Gasteiger partial charge >= 0.3 is 39.5 Å². The van der Waals surface area contributed by atoms with Gasteiger partial charge in [-0.15, -0.1) is 0 Å². The Hall–Kier alpha value is -1.94. The molecule has 6 atom stereocenters. The molecule has 0 aliphatic rings. The van der Waals surface area contributed by atoms with Crippen molar-refractivity contribution >= 4 is 39.5 Å². The number of unbranched alkanes of at least 4 members (excludes halogenated alkanes) is 45. The van der Waals surface area contributed by atoms with Crippen molar-refractivity contribution in [3.05, 3.63) is 0 Å². The number of esters is 4. The van der Waals surface area contributed by atoms with Crippen LogP contribution in [0.2, 0.25) is 0 Å². The summed E-state index contributed by atoms with van der Waals surface area (Å²) < 4.78 is 68.5. The average Bonchev–Trinajstić information content (AvgIpc) is 1.69. The van der Waals surface area contributed by atoms with Crippen molar-refractivity contribution in [2.24, 2.45) is 11.8 Å². The Morgan fingerprint density at radius 1 is 0.302 bits per heavy atom. The lowest BCUT2D eigenvalue weighted by molar-refractivity contribution is -0.161. The first kappa shape index (κ1) is 94.1. The van der Waals surface area contributed by atoms with E-state index in [9.17, 15) is 43.2 Å². The predicted octanol–water partition coefficient (Wildman–Crippen LogP) is 22.7. The molecule has 0 aromatic rings. The van der Waals surface area contributed by atoms with E-state index < -0.39 is 97.5 Å². The maximum Gasteiger partial charge on any atom is 0.472 e. The minimum absolute atomic E-state index is 0.107. The molecule has 0 rings (SSSR count). The number of rotatable bonds is 76. The lowest BCUT2D eigenvalue weighted by atomic mass is 9.99. The Morgan fingerprint density at radius 3 is 0.792 bits per heavy atom. The van der Waals surface area contributed by atoms with E-state index in [0.29, 0.717) is 25.7 Å². The number of ether oxygens (including phenoxy) is 4. The first-order chi connectivity index (χ1) is 46.4. The average molecular weight is 1410 g/mol. The van der Waals surface area contributed by atoms with E-state index >= 15 is 0 Å². The first-order valence-corrected chi connectivity index (χ1v) is 43.0. The molecule has 0 aliphatic carbocycles. The largest absolute Gasteiger partial charge is 0.472 e. The molecule has 3 N–H and O–H groups in total. The lowest BCUT2D eigenvalue weighted by Gasteiger charge is -2.21. The highest BCUT2D eigenvalue weighted by Crippen LogP contribution is 2.45. The molecule has 0 spiro atoms. The molecule has 0 fully saturated rings. The van der Waals surface area contributed by atoms with Gasteiger partial charge in [0.05, 0.1) is 26.4 Å². The van der Waals surface area contributed by atoms with Crippen LogP contribution in [0.3, 0.4) is 0 Å². The monoisotopic (exact) mass is 1410 g/mol. The number of carbonyl (C=O) groups excluding carboxylic acids is 4. The standard InChI is InChI=1S/C77H150O17P2/c1-7-10-12-14-16-18-19-26-30-37-43-49-55-61-76(81)93-72(65-87-74(79)59-53-47-41-17-15-13-11-8-2)67-91-95(83,84)89-63-71(78)64-90-96(85,86)92-68-73(66-88-75(80)60-54-48-42-36-33-32-34-39-45-51-57-69(4)5)94-77(82)62-56-50-44-38-31-28-25-23-21-20-22-24-27-29-35-40-46-52-58-70(6)9-3/h69-73,78H,7-68H2,1-6H3,(H,83,84)(H,85,86)/t70?,71-,72+,73+/m0/s1. The summed E-state index contributed by atoms with van der Waals surface area (Å²) in [5.41, 5.74) is 0. The Kier molecular flexibility index (Phi) is 67.4. The zero-order valence-corrected chi connectivity index (χ0v) is 64.5. The summed E-state index contributed by atoms with van der Waals surface area (Å²) >= 11 is 0. The zero-order chi connectivity index (χ0) is 70.7. The minimum atomic E-state index is -4.96. The van der Waals surface area contributed by atoms with Crippen LogP contribution >= 0.6 is 15.6 Å². The number of carbonyl (C=O) groups is 4. The number of phosphoric ester groups is 2. The molecule has 0 heterocycles. The minimum Gasteiger partial charge on any atom is -0.462 e. The summed E-state index contributed by atoms with van der Waals surface area (Å²) in [6.45, 7) is 9.64. The summed E-state index contributed by atoms with van der Waals surface area (Å²) in [5.74, 6) is -0.487. The van der Waals surface area contributed by atoms with Crippen LogP contribution in [0.15, 0.2) is 0 Å².